The quantitative estimate of drug-likeness (QED) is 0.760. The molecule has 0 spiro atoms. The highest BCUT2D eigenvalue weighted by Crippen LogP contribution is 2.27. The fraction of sp³-hybridized carbons (Fsp3) is 0.0625. The van der Waals surface area contributed by atoms with Gasteiger partial charge in [0.25, 0.3) is 0 Å². The number of aromatic amines is 1. The number of ether oxygens (including phenoxy) is 1. The number of H-pyrrole nitrogens is 1. The molecule has 0 radical (unpaired) electrons. The molecule has 0 aliphatic heterocycles. The van der Waals surface area contributed by atoms with Crippen molar-refractivity contribution in [1.82, 2.24) is 4.98 Å². The average Bonchev–Trinajstić information content (AvgIpc) is 2.47. The highest BCUT2D eigenvalue weighted by molar-refractivity contribution is 5.93. The molecule has 1 heterocycles. The largest absolute Gasteiger partial charge is 0.497 e. The highest BCUT2D eigenvalue weighted by Gasteiger charge is 2.04. The summed E-state index contributed by atoms with van der Waals surface area (Å²) in [7, 11) is 1.64. The molecule has 0 atom stereocenters. The molecule has 94 valence electrons. The molecule has 3 aromatic rings. The Kier molecular flexibility index (Phi) is 2.80. The molecule has 0 unspecified atom stereocenters. The van der Waals surface area contributed by atoms with Gasteiger partial charge < -0.3 is 9.72 Å². The predicted molar refractivity (Wildman–Crippen MR) is 76.6 cm³/mol. The summed E-state index contributed by atoms with van der Waals surface area (Å²) in [5.74, 6) is 0.817. The van der Waals surface area contributed by atoms with Crippen LogP contribution in [-0.4, -0.2) is 12.1 Å². The standard InChI is InChI=1S/C16H13NO2/c1-19-13-8-5-11(6-9-13)14-4-2-3-12-7-10-15(18)17-16(12)14/h2-10H,1H3,(H,17,18). The van der Waals surface area contributed by atoms with Crippen LogP contribution >= 0.6 is 0 Å². The Hall–Kier alpha value is -2.55. The monoisotopic (exact) mass is 251 g/mol. The number of nitrogens with one attached hydrogen (secondary N) is 1. The number of methoxy groups -OCH3 is 1. The Balaban J connectivity index is 2.23. The Morgan fingerprint density at radius 1 is 0.947 bits per heavy atom. The van der Waals surface area contributed by atoms with Crippen LogP contribution in [0.25, 0.3) is 22.0 Å². The topological polar surface area (TPSA) is 42.1 Å². The molecule has 3 heteroatoms. The highest BCUT2D eigenvalue weighted by atomic mass is 16.5. The Morgan fingerprint density at radius 2 is 1.74 bits per heavy atom. The number of benzene rings is 2. The summed E-state index contributed by atoms with van der Waals surface area (Å²) >= 11 is 0. The molecule has 0 saturated heterocycles. The fourth-order valence-corrected chi connectivity index (χ4v) is 2.19. The fourth-order valence-electron chi connectivity index (χ4n) is 2.19. The second-order valence-electron chi connectivity index (χ2n) is 4.32. The minimum Gasteiger partial charge on any atom is -0.497 e. The normalized spacial score (nSPS) is 10.6. The first kappa shape index (κ1) is 11.5. The minimum absolute atomic E-state index is 0.0894. The lowest BCUT2D eigenvalue weighted by atomic mass is 10.0. The van der Waals surface area contributed by atoms with E-state index in [1.54, 1.807) is 13.2 Å². The van der Waals surface area contributed by atoms with Gasteiger partial charge in [0, 0.05) is 11.6 Å². The molecule has 0 saturated carbocycles. The summed E-state index contributed by atoms with van der Waals surface area (Å²) in [5, 5.41) is 1.02. The third-order valence-electron chi connectivity index (χ3n) is 3.16. The lowest BCUT2D eigenvalue weighted by Crippen LogP contribution is -2.03. The van der Waals surface area contributed by atoms with Crippen molar-refractivity contribution in [3.05, 3.63) is 65.0 Å². The first-order valence-electron chi connectivity index (χ1n) is 6.04. The molecule has 0 amide bonds. The number of hydrogen-bond donors (Lipinski definition) is 1. The van der Waals surface area contributed by atoms with Crippen LogP contribution in [0.2, 0.25) is 0 Å². The van der Waals surface area contributed by atoms with Crippen molar-refractivity contribution in [2.75, 3.05) is 7.11 Å². The third kappa shape index (κ3) is 2.10. The number of hydrogen-bond acceptors (Lipinski definition) is 2. The second kappa shape index (κ2) is 4.61. The van der Waals surface area contributed by atoms with Gasteiger partial charge in [0.2, 0.25) is 5.56 Å². The zero-order chi connectivity index (χ0) is 13.2. The van der Waals surface area contributed by atoms with Crippen molar-refractivity contribution in [2.24, 2.45) is 0 Å². The van der Waals surface area contributed by atoms with Crippen molar-refractivity contribution >= 4 is 10.9 Å². The van der Waals surface area contributed by atoms with Gasteiger partial charge in [-0.15, -0.1) is 0 Å². The van der Waals surface area contributed by atoms with Gasteiger partial charge in [-0.3, -0.25) is 4.79 Å². The van der Waals surface area contributed by atoms with Crippen molar-refractivity contribution in [3.63, 3.8) is 0 Å². The average molecular weight is 251 g/mol. The number of aromatic nitrogens is 1. The van der Waals surface area contributed by atoms with E-state index in [4.69, 9.17) is 4.74 Å². The van der Waals surface area contributed by atoms with Gasteiger partial charge in [-0.1, -0.05) is 30.3 Å². The number of rotatable bonds is 2. The van der Waals surface area contributed by atoms with Crippen LogP contribution in [-0.2, 0) is 0 Å². The Bertz CT molecular complexity index is 773. The SMILES string of the molecule is COc1ccc(-c2cccc3ccc(=O)[nH]c23)cc1. The van der Waals surface area contributed by atoms with Gasteiger partial charge in [0.05, 0.1) is 12.6 Å². The molecule has 0 fully saturated rings. The van der Waals surface area contributed by atoms with E-state index in [1.807, 2.05) is 48.5 Å². The Labute approximate surface area is 110 Å². The first-order chi connectivity index (χ1) is 9.28. The van der Waals surface area contributed by atoms with Crippen LogP contribution in [0.1, 0.15) is 0 Å². The van der Waals surface area contributed by atoms with E-state index < -0.39 is 0 Å². The van der Waals surface area contributed by atoms with Crippen molar-refractivity contribution in [1.29, 1.82) is 0 Å². The van der Waals surface area contributed by atoms with Crippen LogP contribution in [0.4, 0.5) is 0 Å². The van der Waals surface area contributed by atoms with Gasteiger partial charge in [-0.25, -0.2) is 0 Å². The summed E-state index contributed by atoms with van der Waals surface area (Å²) in [6.07, 6.45) is 0. The number of pyridine rings is 1. The lowest BCUT2D eigenvalue weighted by molar-refractivity contribution is 0.415. The van der Waals surface area contributed by atoms with Gasteiger partial charge >= 0.3 is 0 Å². The van der Waals surface area contributed by atoms with Crippen LogP contribution in [0.15, 0.2) is 59.4 Å². The van der Waals surface area contributed by atoms with E-state index in [1.165, 1.54) is 0 Å². The van der Waals surface area contributed by atoms with Crippen molar-refractivity contribution < 1.29 is 4.74 Å². The summed E-state index contributed by atoms with van der Waals surface area (Å²) in [4.78, 5) is 14.4. The molecule has 3 nitrogen and oxygen atoms in total. The van der Waals surface area contributed by atoms with Crippen LogP contribution in [0.3, 0.4) is 0 Å². The van der Waals surface area contributed by atoms with Crippen LogP contribution < -0.4 is 10.3 Å². The molecule has 0 aliphatic carbocycles. The van der Waals surface area contributed by atoms with E-state index in [0.717, 1.165) is 27.8 Å². The minimum atomic E-state index is -0.0894. The maximum atomic E-state index is 11.5. The van der Waals surface area contributed by atoms with Gasteiger partial charge in [0.15, 0.2) is 0 Å². The zero-order valence-electron chi connectivity index (χ0n) is 10.5. The maximum absolute atomic E-state index is 11.5. The molecule has 2 aromatic carbocycles. The predicted octanol–water partition coefficient (Wildman–Crippen LogP) is 3.20. The third-order valence-corrected chi connectivity index (χ3v) is 3.16. The second-order valence-corrected chi connectivity index (χ2v) is 4.32. The smallest absolute Gasteiger partial charge is 0.248 e. The molecule has 0 bridgehead atoms. The first-order valence-corrected chi connectivity index (χ1v) is 6.04. The van der Waals surface area contributed by atoms with Gasteiger partial charge in [-0.05, 0) is 29.1 Å². The molecular weight excluding hydrogens is 238 g/mol. The van der Waals surface area contributed by atoms with Crippen LogP contribution in [0, 0.1) is 0 Å². The molecule has 1 aromatic heterocycles. The maximum Gasteiger partial charge on any atom is 0.248 e. The van der Waals surface area contributed by atoms with E-state index in [9.17, 15) is 4.79 Å². The molecule has 19 heavy (non-hydrogen) atoms. The van der Waals surface area contributed by atoms with E-state index in [2.05, 4.69) is 4.98 Å². The lowest BCUT2D eigenvalue weighted by Gasteiger charge is -2.07. The van der Waals surface area contributed by atoms with Crippen molar-refractivity contribution in [2.45, 2.75) is 0 Å². The van der Waals surface area contributed by atoms with Crippen LogP contribution in [0.5, 0.6) is 5.75 Å². The summed E-state index contributed by atoms with van der Waals surface area (Å²) < 4.78 is 5.15. The van der Waals surface area contributed by atoms with Gasteiger partial charge in [0.1, 0.15) is 5.75 Å². The molecule has 1 N–H and O–H groups in total. The van der Waals surface area contributed by atoms with E-state index in [-0.39, 0.29) is 5.56 Å². The summed E-state index contributed by atoms with van der Waals surface area (Å²) in [6, 6.07) is 17.1. The number of fused-ring (bicyclic) bond motifs is 1. The molecule has 3 rings (SSSR count). The van der Waals surface area contributed by atoms with Crippen molar-refractivity contribution in [3.8, 4) is 16.9 Å². The number of para-hydroxylation sites is 1. The Morgan fingerprint density at radius 3 is 2.47 bits per heavy atom. The summed E-state index contributed by atoms with van der Waals surface area (Å²) in [6.45, 7) is 0. The van der Waals surface area contributed by atoms with E-state index >= 15 is 0 Å². The van der Waals surface area contributed by atoms with E-state index in [0.29, 0.717) is 0 Å². The van der Waals surface area contributed by atoms with Gasteiger partial charge in [-0.2, -0.15) is 0 Å². The molecular formula is C16H13NO2. The summed E-state index contributed by atoms with van der Waals surface area (Å²) in [5.41, 5.74) is 2.83. The molecule has 0 aliphatic rings. The zero-order valence-corrected chi connectivity index (χ0v) is 10.5.